The number of aromatic nitrogens is 5. The summed E-state index contributed by atoms with van der Waals surface area (Å²) in [5.41, 5.74) is 13.3. The second-order valence-corrected chi connectivity index (χ2v) is 15.3. The largest absolute Gasteiger partial charge is 0.309 e. The van der Waals surface area contributed by atoms with Gasteiger partial charge in [0.1, 0.15) is 6.07 Å². The predicted molar refractivity (Wildman–Crippen MR) is 244 cm³/mol. The topological polar surface area (TPSA) is 72.3 Å². The number of benzene rings is 8. The van der Waals surface area contributed by atoms with Crippen LogP contribution >= 0.6 is 0 Å². The zero-order valence-corrected chi connectivity index (χ0v) is 33.0. The molecule has 0 atom stereocenters. The lowest BCUT2D eigenvalue weighted by molar-refractivity contribution is 1.07. The first kappa shape index (κ1) is 35.1. The fraction of sp³-hybridized carbons (Fsp3) is 0.0370. The summed E-state index contributed by atoms with van der Waals surface area (Å²) in [6, 6.07) is 65.5. The number of rotatable bonds is 6. The number of hydrogen-bond donors (Lipinski definition) is 0. The van der Waals surface area contributed by atoms with Gasteiger partial charge in [-0.2, -0.15) is 5.26 Å². The standard InChI is InChI=1S/C54H36N6/c1-34-24-27-49-42(30-34)40-18-9-11-21-46(40)59(49)48-23-13-20-39(45(48)33-55)44-32-38(26-29-51(44)60-47-22-12-10-19-41(47)43-31-35(2)25-28-50(43)60)54-57-52(36-14-5-3-6-15-36)56-53(58-54)37-16-7-4-8-17-37/h3-32H,1-2H3. The van der Waals surface area contributed by atoms with Gasteiger partial charge in [-0.05, 0) is 74.5 Å². The van der Waals surface area contributed by atoms with E-state index in [0.717, 1.165) is 72.0 Å². The van der Waals surface area contributed by atoms with Crippen molar-refractivity contribution in [3.05, 3.63) is 199 Å². The molecule has 0 N–H and O–H groups in total. The molecule has 6 nitrogen and oxygen atoms in total. The highest BCUT2D eigenvalue weighted by Crippen LogP contribution is 2.42. The van der Waals surface area contributed by atoms with Gasteiger partial charge >= 0.3 is 0 Å². The van der Waals surface area contributed by atoms with Crippen LogP contribution in [0.4, 0.5) is 0 Å². The van der Waals surface area contributed by atoms with Gasteiger partial charge in [0.2, 0.25) is 0 Å². The number of nitriles is 1. The van der Waals surface area contributed by atoms with Crippen LogP contribution in [0.3, 0.4) is 0 Å². The molecule has 0 aliphatic rings. The molecule has 0 saturated heterocycles. The van der Waals surface area contributed by atoms with E-state index in [9.17, 15) is 5.26 Å². The van der Waals surface area contributed by atoms with E-state index in [4.69, 9.17) is 15.0 Å². The first-order valence-corrected chi connectivity index (χ1v) is 20.1. The molecule has 3 heterocycles. The van der Waals surface area contributed by atoms with Gasteiger partial charge in [0, 0.05) is 49.4 Å². The summed E-state index contributed by atoms with van der Waals surface area (Å²) in [5, 5.41) is 16.0. The second kappa shape index (κ2) is 14.1. The maximum absolute atomic E-state index is 11.4. The molecule has 0 aliphatic heterocycles. The molecule has 0 aliphatic carbocycles. The van der Waals surface area contributed by atoms with Gasteiger partial charge in [0.15, 0.2) is 17.5 Å². The fourth-order valence-corrected chi connectivity index (χ4v) is 8.78. The Hall–Kier alpha value is -8.14. The number of fused-ring (bicyclic) bond motifs is 6. The van der Waals surface area contributed by atoms with Gasteiger partial charge in [-0.15, -0.1) is 0 Å². The summed E-state index contributed by atoms with van der Waals surface area (Å²) in [6.07, 6.45) is 0. The third kappa shape index (κ3) is 5.67. The van der Waals surface area contributed by atoms with Crippen molar-refractivity contribution in [1.82, 2.24) is 24.1 Å². The third-order valence-corrected chi connectivity index (χ3v) is 11.5. The lowest BCUT2D eigenvalue weighted by atomic mass is 9.95. The van der Waals surface area contributed by atoms with Crippen LogP contribution in [0.15, 0.2) is 182 Å². The molecular formula is C54H36N6. The zero-order chi connectivity index (χ0) is 40.3. The summed E-state index contributed by atoms with van der Waals surface area (Å²) in [6.45, 7) is 4.25. The van der Waals surface area contributed by atoms with Crippen LogP contribution in [0, 0.1) is 25.2 Å². The molecule has 8 aromatic carbocycles. The lowest BCUT2D eigenvalue weighted by Gasteiger charge is -2.19. The highest BCUT2D eigenvalue weighted by Gasteiger charge is 2.23. The van der Waals surface area contributed by atoms with Crippen LogP contribution in [0.5, 0.6) is 0 Å². The Labute approximate surface area is 346 Å². The van der Waals surface area contributed by atoms with E-state index in [2.05, 4.69) is 150 Å². The maximum Gasteiger partial charge on any atom is 0.164 e. The Balaban J connectivity index is 1.22. The molecule has 11 rings (SSSR count). The molecule has 3 aromatic heterocycles. The second-order valence-electron chi connectivity index (χ2n) is 15.3. The van der Waals surface area contributed by atoms with Gasteiger partial charge in [-0.25, -0.2) is 15.0 Å². The molecular weight excluding hydrogens is 733 g/mol. The van der Waals surface area contributed by atoms with Crippen LogP contribution < -0.4 is 0 Å². The molecule has 0 fully saturated rings. The van der Waals surface area contributed by atoms with Gasteiger partial charge < -0.3 is 9.13 Å². The van der Waals surface area contributed by atoms with Crippen molar-refractivity contribution >= 4 is 43.6 Å². The maximum atomic E-state index is 11.4. The molecule has 11 aromatic rings. The Morgan fingerprint density at radius 2 is 0.867 bits per heavy atom. The Morgan fingerprint density at radius 1 is 0.383 bits per heavy atom. The predicted octanol–water partition coefficient (Wildman–Crippen LogP) is 13.2. The molecule has 0 unspecified atom stereocenters. The summed E-state index contributed by atoms with van der Waals surface area (Å²) >= 11 is 0. The first-order chi connectivity index (χ1) is 29.5. The summed E-state index contributed by atoms with van der Waals surface area (Å²) in [7, 11) is 0. The molecule has 0 spiro atoms. The molecule has 0 amide bonds. The van der Waals surface area contributed by atoms with E-state index in [1.54, 1.807) is 0 Å². The van der Waals surface area contributed by atoms with Gasteiger partial charge in [0.05, 0.1) is 39.0 Å². The highest BCUT2D eigenvalue weighted by molar-refractivity contribution is 6.11. The van der Waals surface area contributed by atoms with Crippen LogP contribution in [0.25, 0.3) is 100 Å². The van der Waals surface area contributed by atoms with Crippen molar-refractivity contribution in [2.24, 2.45) is 0 Å². The minimum absolute atomic E-state index is 0.542. The fourth-order valence-electron chi connectivity index (χ4n) is 8.78. The number of nitrogens with zero attached hydrogens (tertiary/aromatic N) is 6. The minimum atomic E-state index is 0.542. The van der Waals surface area contributed by atoms with E-state index < -0.39 is 0 Å². The summed E-state index contributed by atoms with van der Waals surface area (Å²) < 4.78 is 4.57. The molecule has 0 saturated carbocycles. The number of para-hydroxylation sites is 2. The zero-order valence-electron chi connectivity index (χ0n) is 33.0. The lowest BCUT2D eigenvalue weighted by Crippen LogP contribution is -2.04. The third-order valence-electron chi connectivity index (χ3n) is 11.5. The molecule has 6 heteroatoms. The van der Waals surface area contributed by atoms with Crippen molar-refractivity contribution in [3.8, 4) is 62.7 Å². The van der Waals surface area contributed by atoms with Crippen molar-refractivity contribution in [1.29, 1.82) is 5.26 Å². The van der Waals surface area contributed by atoms with Crippen LogP contribution in [0.1, 0.15) is 16.7 Å². The Kier molecular flexibility index (Phi) is 8.21. The Bertz CT molecular complexity index is 3460. The SMILES string of the molecule is Cc1ccc2c(c1)c1ccccc1n2-c1ccc(-c2nc(-c3ccccc3)nc(-c3ccccc3)n2)cc1-c1cccc(-n2c3ccccc3c3cc(C)ccc32)c1C#N. The average Bonchev–Trinajstić information content (AvgIpc) is 3.80. The van der Waals surface area contributed by atoms with Gasteiger partial charge in [0.25, 0.3) is 0 Å². The molecule has 282 valence electrons. The first-order valence-electron chi connectivity index (χ1n) is 20.1. The van der Waals surface area contributed by atoms with Crippen molar-refractivity contribution in [2.45, 2.75) is 13.8 Å². The Morgan fingerprint density at radius 3 is 1.42 bits per heavy atom. The smallest absolute Gasteiger partial charge is 0.164 e. The van der Waals surface area contributed by atoms with Gasteiger partial charge in [-0.3, -0.25) is 0 Å². The van der Waals surface area contributed by atoms with Crippen LogP contribution in [-0.2, 0) is 0 Å². The normalized spacial score (nSPS) is 11.5. The van der Waals surface area contributed by atoms with Gasteiger partial charge in [-0.1, -0.05) is 132 Å². The van der Waals surface area contributed by atoms with Crippen molar-refractivity contribution in [3.63, 3.8) is 0 Å². The number of hydrogen-bond acceptors (Lipinski definition) is 4. The summed E-state index contributed by atoms with van der Waals surface area (Å²) in [5.74, 6) is 1.72. The molecule has 0 radical (unpaired) electrons. The van der Waals surface area contributed by atoms with E-state index in [0.29, 0.717) is 23.0 Å². The number of aryl methyl sites for hydroxylation is 2. The highest BCUT2D eigenvalue weighted by atomic mass is 15.0. The molecule has 0 bridgehead atoms. The monoisotopic (exact) mass is 768 g/mol. The average molecular weight is 769 g/mol. The van der Waals surface area contributed by atoms with Crippen LogP contribution in [0.2, 0.25) is 0 Å². The van der Waals surface area contributed by atoms with E-state index in [1.165, 1.54) is 21.9 Å². The molecule has 60 heavy (non-hydrogen) atoms. The van der Waals surface area contributed by atoms with E-state index in [-0.39, 0.29) is 0 Å². The van der Waals surface area contributed by atoms with Crippen LogP contribution in [-0.4, -0.2) is 24.1 Å². The van der Waals surface area contributed by atoms with E-state index >= 15 is 0 Å². The van der Waals surface area contributed by atoms with Crippen molar-refractivity contribution < 1.29 is 0 Å². The van der Waals surface area contributed by atoms with E-state index in [1.807, 2.05) is 60.7 Å². The van der Waals surface area contributed by atoms with Crippen molar-refractivity contribution in [2.75, 3.05) is 0 Å². The quantitative estimate of drug-likeness (QED) is 0.169. The minimum Gasteiger partial charge on any atom is -0.309 e. The summed E-state index contributed by atoms with van der Waals surface area (Å²) in [4.78, 5) is 15.2.